The average molecular weight is 414 g/mol. The molecule has 166 valence electrons. The van der Waals surface area contributed by atoms with E-state index in [1.54, 1.807) is 0 Å². The molecule has 3 atom stereocenters. The van der Waals surface area contributed by atoms with E-state index in [-0.39, 0.29) is 16.6 Å². The summed E-state index contributed by atoms with van der Waals surface area (Å²) < 4.78 is 0. The van der Waals surface area contributed by atoms with Crippen LogP contribution in [0.4, 0.5) is 0 Å². The van der Waals surface area contributed by atoms with Gasteiger partial charge in [0.1, 0.15) is 5.76 Å². The van der Waals surface area contributed by atoms with Crippen molar-refractivity contribution >= 4 is 11.6 Å². The van der Waals surface area contributed by atoms with Gasteiger partial charge in [0.2, 0.25) is 11.6 Å². The second kappa shape index (κ2) is 8.36. The summed E-state index contributed by atoms with van der Waals surface area (Å²) in [7, 11) is 0. The summed E-state index contributed by atoms with van der Waals surface area (Å²) in [4.78, 5) is 25.3. The van der Waals surface area contributed by atoms with Crippen LogP contribution in [-0.4, -0.2) is 23.2 Å². The Hall–Kier alpha value is -1.84. The summed E-state index contributed by atoms with van der Waals surface area (Å²) in [6, 6.07) is 0. The van der Waals surface area contributed by atoms with Crippen LogP contribution >= 0.6 is 0 Å². The Kier molecular flexibility index (Phi) is 6.36. The summed E-state index contributed by atoms with van der Waals surface area (Å²) in [6.45, 7) is 14.1. The molecular formula is C26H39NO3. The minimum atomic E-state index is -0.540. The van der Waals surface area contributed by atoms with Crippen molar-refractivity contribution < 1.29 is 14.7 Å². The molecule has 4 nitrogen and oxygen atoms in total. The van der Waals surface area contributed by atoms with Crippen molar-refractivity contribution in [3.05, 3.63) is 34.8 Å². The van der Waals surface area contributed by atoms with Crippen molar-refractivity contribution in [3.63, 3.8) is 0 Å². The normalized spacial score (nSPS) is 31.4. The minimum Gasteiger partial charge on any atom is -0.505 e. The fourth-order valence-corrected chi connectivity index (χ4v) is 5.70. The zero-order chi connectivity index (χ0) is 22.3. The zero-order valence-corrected chi connectivity index (χ0v) is 19.6. The molecule has 3 rings (SSSR count). The van der Waals surface area contributed by atoms with E-state index in [0.29, 0.717) is 42.0 Å². The third kappa shape index (κ3) is 4.15. The molecule has 0 spiro atoms. The van der Waals surface area contributed by atoms with Crippen LogP contribution in [0.3, 0.4) is 0 Å². The van der Waals surface area contributed by atoms with Crippen LogP contribution in [0.5, 0.6) is 0 Å². The first-order valence-corrected chi connectivity index (χ1v) is 11.6. The number of carbonyl (C=O) groups excluding carboxylic acids is 2. The monoisotopic (exact) mass is 413 g/mol. The van der Waals surface area contributed by atoms with Crippen LogP contribution < -0.4 is 5.32 Å². The first kappa shape index (κ1) is 22.8. The van der Waals surface area contributed by atoms with E-state index in [0.717, 1.165) is 19.3 Å². The van der Waals surface area contributed by atoms with Crippen LogP contribution in [0.25, 0.3) is 0 Å². The Morgan fingerprint density at radius 1 is 1.23 bits per heavy atom. The molecule has 0 aromatic rings. The lowest BCUT2D eigenvalue weighted by molar-refractivity contribution is -0.132. The van der Waals surface area contributed by atoms with E-state index in [1.807, 2.05) is 0 Å². The third-order valence-electron chi connectivity index (χ3n) is 7.97. The molecule has 0 bridgehead atoms. The Morgan fingerprint density at radius 2 is 1.93 bits per heavy atom. The molecule has 0 amide bonds. The van der Waals surface area contributed by atoms with E-state index in [4.69, 9.17) is 0 Å². The van der Waals surface area contributed by atoms with Crippen LogP contribution in [0.1, 0.15) is 80.1 Å². The predicted molar refractivity (Wildman–Crippen MR) is 121 cm³/mol. The summed E-state index contributed by atoms with van der Waals surface area (Å²) >= 11 is 0. The van der Waals surface area contributed by atoms with Crippen molar-refractivity contribution in [1.29, 1.82) is 0 Å². The predicted octanol–water partition coefficient (Wildman–Crippen LogP) is 5.66. The molecule has 30 heavy (non-hydrogen) atoms. The van der Waals surface area contributed by atoms with E-state index in [1.165, 1.54) is 24.5 Å². The number of nitrogens with one attached hydrogen (secondary N) is 1. The molecule has 3 aliphatic carbocycles. The Bertz CT molecular complexity index is 814. The van der Waals surface area contributed by atoms with E-state index >= 15 is 0 Å². The second-order valence-electron chi connectivity index (χ2n) is 11.0. The van der Waals surface area contributed by atoms with E-state index in [2.05, 4.69) is 52.9 Å². The first-order valence-electron chi connectivity index (χ1n) is 11.6. The van der Waals surface area contributed by atoms with Gasteiger partial charge < -0.3 is 10.4 Å². The fourth-order valence-electron chi connectivity index (χ4n) is 5.70. The van der Waals surface area contributed by atoms with E-state index < -0.39 is 11.6 Å². The van der Waals surface area contributed by atoms with Gasteiger partial charge >= 0.3 is 0 Å². The molecule has 0 radical (unpaired) electrons. The molecule has 0 aromatic heterocycles. The van der Waals surface area contributed by atoms with Gasteiger partial charge in [0, 0.05) is 18.2 Å². The maximum absolute atomic E-state index is 12.8. The standard InChI is InChI=1S/C26H39NO3/c1-16(2)11-13-27-21-14-22(28)24(30)18(23(21)29)15-26(6)17(3)9-10-19-20(26)8-7-12-25(19,4)5/h10,14,16-17,20,27,29H,7-9,11-13,15H2,1-6H3. The summed E-state index contributed by atoms with van der Waals surface area (Å²) in [6.07, 6.45) is 9.54. The van der Waals surface area contributed by atoms with Gasteiger partial charge in [0.25, 0.3) is 0 Å². The average Bonchev–Trinajstić information content (AvgIpc) is 2.66. The number of Topliss-reactive ketones (excluding diaryl/α,β-unsaturated/α-hetero) is 1. The molecule has 0 saturated heterocycles. The second-order valence-corrected chi connectivity index (χ2v) is 11.0. The fraction of sp³-hybridized carbons (Fsp3) is 0.692. The zero-order valence-electron chi connectivity index (χ0n) is 19.6. The Balaban J connectivity index is 1.92. The molecule has 1 saturated carbocycles. The summed E-state index contributed by atoms with van der Waals surface area (Å²) in [5.41, 5.74) is 2.24. The highest BCUT2D eigenvalue weighted by Crippen LogP contribution is 2.58. The highest BCUT2D eigenvalue weighted by atomic mass is 16.3. The molecule has 1 fully saturated rings. The number of hydrogen-bond acceptors (Lipinski definition) is 4. The number of hydrogen-bond donors (Lipinski definition) is 2. The number of carbonyl (C=O) groups is 2. The van der Waals surface area contributed by atoms with Crippen molar-refractivity contribution in [2.75, 3.05) is 6.54 Å². The Morgan fingerprint density at radius 3 is 2.60 bits per heavy atom. The smallest absolute Gasteiger partial charge is 0.232 e. The van der Waals surface area contributed by atoms with Crippen molar-refractivity contribution in [1.82, 2.24) is 5.32 Å². The Labute approximate surface area is 181 Å². The quantitative estimate of drug-likeness (QED) is 0.335. The number of aliphatic hydroxyl groups excluding tert-OH is 1. The van der Waals surface area contributed by atoms with Crippen LogP contribution in [-0.2, 0) is 9.59 Å². The van der Waals surface area contributed by atoms with Crippen LogP contribution in [0.2, 0.25) is 0 Å². The van der Waals surface area contributed by atoms with Crippen LogP contribution in [0, 0.1) is 28.6 Å². The lowest BCUT2D eigenvalue weighted by Crippen LogP contribution is -2.45. The van der Waals surface area contributed by atoms with Gasteiger partial charge in [-0.2, -0.15) is 0 Å². The molecule has 0 aliphatic heterocycles. The summed E-state index contributed by atoms with van der Waals surface area (Å²) in [5.74, 6) is 0.195. The number of ketones is 2. The topological polar surface area (TPSA) is 66.4 Å². The molecule has 2 N–H and O–H groups in total. The van der Waals surface area contributed by atoms with Gasteiger partial charge in [-0.25, -0.2) is 0 Å². The number of allylic oxidation sites excluding steroid dienone is 4. The lowest BCUT2D eigenvalue weighted by Gasteiger charge is -2.53. The van der Waals surface area contributed by atoms with E-state index in [9.17, 15) is 14.7 Å². The molecule has 3 aliphatic rings. The van der Waals surface area contributed by atoms with Crippen molar-refractivity contribution in [2.45, 2.75) is 80.1 Å². The molecule has 4 heteroatoms. The molecular weight excluding hydrogens is 374 g/mol. The summed E-state index contributed by atoms with van der Waals surface area (Å²) in [5, 5.41) is 14.2. The van der Waals surface area contributed by atoms with Gasteiger partial charge in [0.15, 0.2) is 0 Å². The molecule has 3 unspecified atom stereocenters. The van der Waals surface area contributed by atoms with Gasteiger partial charge in [-0.3, -0.25) is 9.59 Å². The number of aliphatic hydroxyl groups is 1. The van der Waals surface area contributed by atoms with Crippen LogP contribution in [0.15, 0.2) is 34.8 Å². The number of rotatable bonds is 6. The minimum absolute atomic E-state index is 0.0250. The maximum Gasteiger partial charge on any atom is 0.232 e. The molecule has 0 aromatic carbocycles. The molecule has 0 heterocycles. The van der Waals surface area contributed by atoms with Gasteiger partial charge in [0.05, 0.1) is 5.70 Å². The highest BCUT2D eigenvalue weighted by molar-refractivity contribution is 6.48. The van der Waals surface area contributed by atoms with Gasteiger partial charge in [-0.1, -0.05) is 59.6 Å². The third-order valence-corrected chi connectivity index (χ3v) is 7.97. The van der Waals surface area contributed by atoms with Crippen molar-refractivity contribution in [2.24, 2.45) is 28.6 Å². The number of fused-ring (bicyclic) bond motifs is 1. The highest BCUT2D eigenvalue weighted by Gasteiger charge is 2.49. The largest absolute Gasteiger partial charge is 0.505 e. The SMILES string of the molecule is CC(C)CCNC1=CC(=O)C(=O)C(CC2(C)C(C)CC=C3C2CCCC3(C)C)=C1O. The van der Waals surface area contributed by atoms with Crippen molar-refractivity contribution in [3.8, 4) is 0 Å². The maximum atomic E-state index is 12.8. The lowest BCUT2D eigenvalue weighted by atomic mass is 9.51. The first-order chi connectivity index (χ1) is 14.0. The van der Waals surface area contributed by atoms with Gasteiger partial charge in [-0.15, -0.1) is 0 Å². The van der Waals surface area contributed by atoms with Gasteiger partial charge in [-0.05, 0) is 60.7 Å².